The van der Waals surface area contributed by atoms with E-state index in [1.807, 2.05) is 30.3 Å². The van der Waals surface area contributed by atoms with Crippen molar-refractivity contribution >= 4 is 0 Å². The van der Waals surface area contributed by atoms with Gasteiger partial charge in [0.1, 0.15) is 5.60 Å². The Bertz CT molecular complexity index is 415. The molecule has 3 atom stereocenters. The molecule has 3 unspecified atom stereocenters. The second-order valence-corrected chi connectivity index (χ2v) is 6.07. The summed E-state index contributed by atoms with van der Waals surface area (Å²) in [4.78, 5) is 0. The Hall–Kier alpha value is -0.940. The van der Waals surface area contributed by atoms with E-state index in [1.54, 1.807) is 0 Å². The maximum Gasteiger partial charge on any atom is 0.104 e. The van der Waals surface area contributed by atoms with Crippen molar-refractivity contribution in [3.63, 3.8) is 0 Å². The average molecular weight is 293 g/mol. The van der Waals surface area contributed by atoms with Crippen LogP contribution in [0.5, 0.6) is 0 Å². The fourth-order valence-electron chi connectivity index (χ4n) is 2.99. The molecule has 1 aliphatic rings. The van der Waals surface area contributed by atoms with Crippen molar-refractivity contribution in [3.8, 4) is 0 Å². The number of hydrogen-bond donors (Lipinski definition) is 2. The SMILES string of the molecule is CC1CC(OCCC(O)(CN)c2ccccc2)CC(C)O1. The monoisotopic (exact) mass is 293 g/mol. The number of nitrogens with two attached hydrogens (primary N) is 1. The highest BCUT2D eigenvalue weighted by Crippen LogP contribution is 2.26. The molecule has 118 valence electrons. The minimum atomic E-state index is -1.01. The van der Waals surface area contributed by atoms with Gasteiger partial charge >= 0.3 is 0 Å². The molecule has 1 fully saturated rings. The molecule has 1 saturated heterocycles. The minimum Gasteiger partial charge on any atom is -0.384 e. The third kappa shape index (κ3) is 4.51. The van der Waals surface area contributed by atoms with Crippen LogP contribution >= 0.6 is 0 Å². The van der Waals surface area contributed by atoms with Gasteiger partial charge in [0.25, 0.3) is 0 Å². The van der Waals surface area contributed by atoms with Crippen LogP contribution in [-0.4, -0.2) is 36.6 Å². The molecule has 4 nitrogen and oxygen atoms in total. The first-order chi connectivity index (χ1) is 10.0. The summed E-state index contributed by atoms with van der Waals surface area (Å²) in [5, 5.41) is 10.7. The van der Waals surface area contributed by atoms with Crippen LogP contribution in [0.25, 0.3) is 0 Å². The lowest BCUT2D eigenvalue weighted by Gasteiger charge is -2.33. The first-order valence-electron chi connectivity index (χ1n) is 7.78. The van der Waals surface area contributed by atoms with Crippen molar-refractivity contribution in [3.05, 3.63) is 35.9 Å². The molecule has 0 saturated carbocycles. The van der Waals surface area contributed by atoms with Crippen molar-refractivity contribution in [1.82, 2.24) is 0 Å². The number of hydrogen-bond acceptors (Lipinski definition) is 4. The van der Waals surface area contributed by atoms with Crippen molar-refractivity contribution in [1.29, 1.82) is 0 Å². The van der Waals surface area contributed by atoms with Gasteiger partial charge in [0.15, 0.2) is 0 Å². The fourth-order valence-corrected chi connectivity index (χ4v) is 2.99. The van der Waals surface area contributed by atoms with Crippen LogP contribution in [0.4, 0.5) is 0 Å². The van der Waals surface area contributed by atoms with E-state index in [4.69, 9.17) is 15.2 Å². The molecule has 0 radical (unpaired) electrons. The van der Waals surface area contributed by atoms with Crippen LogP contribution in [0.15, 0.2) is 30.3 Å². The summed E-state index contributed by atoms with van der Waals surface area (Å²) in [6.07, 6.45) is 3.02. The number of aliphatic hydroxyl groups is 1. The van der Waals surface area contributed by atoms with Gasteiger partial charge in [0, 0.05) is 13.0 Å². The van der Waals surface area contributed by atoms with Gasteiger partial charge in [-0.05, 0) is 32.3 Å². The lowest BCUT2D eigenvalue weighted by Crippen LogP contribution is -2.38. The summed E-state index contributed by atoms with van der Waals surface area (Å²) in [6, 6.07) is 9.58. The second-order valence-electron chi connectivity index (χ2n) is 6.07. The number of ether oxygens (including phenoxy) is 2. The molecule has 2 rings (SSSR count). The smallest absolute Gasteiger partial charge is 0.104 e. The van der Waals surface area contributed by atoms with E-state index >= 15 is 0 Å². The zero-order valence-corrected chi connectivity index (χ0v) is 13.0. The second kappa shape index (κ2) is 7.36. The highest BCUT2D eigenvalue weighted by Gasteiger charge is 2.29. The van der Waals surface area contributed by atoms with Crippen molar-refractivity contribution in [2.75, 3.05) is 13.2 Å². The third-order valence-corrected chi connectivity index (χ3v) is 4.17. The van der Waals surface area contributed by atoms with Crippen LogP contribution in [0.2, 0.25) is 0 Å². The molecule has 0 amide bonds. The molecule has 21 heavy (non-hydrogen) atoms. The van der Waals surface area contributed by atoms with Gasteiger partial charge in [0.2, 0.25) is 0 Å². The Morgan fingerprint density at radius 3 is 2.43 bits per heavy atom. The molecular weight excluding hydrogens is 266 g/mol. The summed E-state index contributed by atoms with van der Waals surface area (Å²) >= 11 is 0. The summed E-state index contributed by atoms with van der Waals surface area (Å²) in [7, 11) is 0. The largest absolute Gasteiger partial charge is 0.384 e. The average Bonchev–Trinajstić information content (AvgIpc) is 2.47. The molecule has 0 spiro atoms. The molecule has 0 aromatic heterocycles. The van der Waals surface area contributed by atoms with Gasteiger partial charge in [-0.2, -0.15) is 0 Å². The number of rotatable bonds is 6. The molecule has 4 heteroatoms. The van der Waals surface area contributed by atoms with E-state index in [-0.39, 0.29) is 24.9 Å². The van der Waals surface area contributed by atoms with Crippen LogP contribution < -0.4 is 5.73 Å². The Morgan fingerprint density at radius 1 is 1.24 bits per heavy atom. The highest BCUT2D eigenvalue weighted by atomic mass is 16.5. The highest BCUT2D eigenvalue weighted by molar-refractivity contribution is 5.22. The van der Waals surface area contributed by atoms with Gasteiger partial charge in [-0.3, -0.25) is 0 Å². The lowest BCUT2D eigenvalue weighted by atomic mass is 9.91. The first kappa shape index (κ1) is 16.4. The summed E-state index contributed by atoms with van der Waals surface area (Å²) in [5.41, 5.74) is 5.62. The van der Waals surface area contributed by atoms with E-state index in [9.17, 15) is 5.11 Å². The third-order valence-electron chi connectivity index (χ3n) is 4.17. The van der Waals surface area contributed by atoms with Crippen molar-refractivity contribution in [2.24, 2.45) is 5.73 Å². The summed E-state index contributed by atoms with van der Waals surface area (Å²) in [5.74, 6) is 0. The molecule has 1 aromatic rings. The van der Waals surface area contributed by atoms with Gasteiger partial charge < -0.3 is 20.3 Å². The van der Waals surface area contributed by atoms with Gasteiger partial charge in [-0.1, -0.05) is 30.3 Å². The van der Waals surface area contributed by atoms with Crippen LogP contribution in [-0.2, 0) is 15.1 Å². The standard InChI is InChI=1S/C17H27NO3/c1-13-10-16(11-14(2)21-13)20-9-8-17(19,12-18)15-6-4-3-5-7-15/h3-7,13-14,16,19H,8-12,18H2,1-2H3. The molecule has 1 aromatic carbocycles. The molecular formula is C17H27NO3. The van der Waals surface area contributed by atoms with E-state index in [0.29, 0.717) is 13.0 Å². The van der Waals surface area contributed by atoms with Crippen molar-refractivity contribution < 1.29 is 14.6 Å². The Balaban J connectivity index is 1.86. The fraction of sp³-hybridized carbons (Fsp3) is 0.647. The van der Waals surface area contributed by atoms with Gasteiger partial charge in [0.05, 0.1) is 24.9 Å². The predicted molar refractivity (Wildman–Crippen MR) is 83.0 cm³/mol. The van der Waals surface area contributed by atoms with Gasteiger partial charge in [-0.15, -0.1) is 0 Å². The van der Waals surface area contributed by atoms with Crippen LogP contribution in [0, 0.1) is 0 Å². The normalized spacial score (nSPS) is 29.0. The molecule has 0 bridgehead atoms. The molecule has 1 aliphatic heterocycles. The van der Waals surface area contributed by atoms with Crippen LogP contribution in [0.1, 0.15) is 38.7 Å². The van der Waals surface area contributed by atoms with E-state index in [2.05, 4.69) is 13.8 Å². The Kier molecular flexibility index (Phi) is 5.76. The zero-order valence-electron chi connectivity index (χ0n) is 13.0. The first-order valence-corrected chi connectivity index (χ1v) is 7.78. The molecule has 0 aliphatic carbocycles. The maximum atomic E-state index is 10.7. The van der Waals surface area contributed by atoms with E-state index < -0.39 is 5.60 Å². The van der Waals surface area contributed by atoms with E-state index in [1.165, 1.54) is 0 Å². The maximum absolute atomic E-state index is 10.7. The van der Waals surface area contributed by atoms with Crippen molar-refractivity contribution in [2.45, 2.75) is 57.0 Å². The molecule has 3 N–H and O–H groups in total. The van der Waals surface area contributed by atoms with E-state index in [0.717, 1.165) is 18.4 Å². The Labute approximate surface area is 127 Å². The lowest BCUT2D eigenvalue weighted by molar-refractivity contribution is -0.109. The van der Waals surface area contributed by atoms with Crippen LogP contribution in [0.3, 0.4) is 0 Å². The van der Waals surface area contributed by atoms with Gasteiger partial charge in [-0.25, -0.2) is 0 Å². The number of benzene rings is 1. The quantitative estimate of drug-likeness (QED) is 0.844. The predicted octanol–water partition coefficient (Wildman–Crippen LogP) is 2.20. The Morgan fingerprint density at radius 2 is 1.86 bits per heavy atom. The topological polar surface area (TPSA) is 64.7 Å². The minimum absolute atomic E-state index is 0.195. The zero-order chi connectivity index (χ0) is 15.3. The summed E-state index contributed by atoms with van der Waals surface area (Å²) in [6.45, 7) is 4.85. The molecule has 1 heterocycles. The summed E-state index contributed by atoms with van der Waals surface area (Å²) < 4.78 is 11.7.